The van der Waals surface area contributed by atoms with Crippen LogP contribution in [0.3, 0.4) is 0 Å². The van der Waals surface area contributed by atoms with E-state index >= 15 is 0 Å². The number of hydrogen-bond donors (Lipinski definition) is 1. The molecule has 0 bridgehead atoms. The molecule has 0 amide bonds. The zero-order valence-corrected chi connectivity index (χ0v) is 11.4. The minimum atomic E-state index is -1.01. The third-order valence-corrected chi connectivity index (χ3v) is 3.68. The maximum absolute atomic E-state index is 10.8. The van der Waals surface area contributed by atoms with Gasteiger partial charge in [-0.05, 0) is 32.1 Å². The summed E-state index contributed by atoms with van der Waals surface area (Å²) in [7, 11) is 0. The van der Waals surface area contributed by atoms with E-state index in [1.165, 1.54) is 18.8 Å². The van der Waals surface area contributed by atoms with Crippen molar-refractivity contribution in [2.75, 3.05) is 6.61 Å². The van der Waals surface area contributed by atoms with Gasteiger partial charge in [-0.2, -0.15) is 0 Å². The molecule has 1 fully saturated rings. The summed E-state index contributed by atoms with van der Waals surface area (Å²) in [6.45, 7) is 4.78. The van der Waals surface area contributed by atoms with Crippen molar-refractivity contribution in [1.82, 2.24) is 9.97 Å². The van der Waals surface area contributed by atoms with Crippen molar-refractivity contribution in [3.05, 3.63) is 23.8 Å². The van der Waals surface area contributed by atoms with Crippen LogP contribution in [0, 0.1) is 5.92 Å². The van der Waals surface area contributed by atoms with Crippen LogP contribution >= 0.6 is 0 Å². The third-order valence-electron chi connectivity index (χ3n) is 3.68. The van der Waals surface area contributed by atoms with Gasteiger partial charge >= 0.3 is 5.97 Å². The zero-order chi connectivity index (χ0) is 13.9. The molecule has 2 unspecified atom stereocenters. The number of rotatable bonds is 4. The second-order valence-electron chi connectivity index (χ2n) is 5.23. The van der Waals surface area contributed by atoms with E-state index in [0.29, 0.717) is 18.3 Å². The molecule has 19 heavy (non-hydrogen) atoms. The van der Waals surface area contributed by atoms with E-state index in [9.17, 15) is 4.79 Å². The maximum Gasteiger partial charge on any atom is 0.338 e. The Morgan fingerprint density at radius 1 is 1.53 bits per heavy atom. The minimum Gasteiger partial charge on any atom is -0.478 e. The molecule has 1 aromatic heterocycles. The lowest BCUT2D eigenvalue weighted by Gasteiger charge is -2.38. The van der Waals surface area contributed by atoms with Gasteiger partial charge in [-0.1, -0.05) is 13.3 Å². The van der Waals surface area contributed by atoms with Crippen LogP contribution in [0.5, 0.6) is 0 Å². The van der Waals surface area contributed by atoms with Gasteiger partial charge in [0.2, 0.25) is 0 Å². The normalized spacial score (nSPS) is 27.2. The van der Waals surface area contributed by atoms with Gasteiger partial charge in [0.25, 0.3) is 0 Å². The van der Waals surface area contributed by atoms with Crippen molar-refractivity contribution in [3.63, 3.8) is 0 Å². The summed E-state index contributed by atoms with van der Waals surface area (Å²) in [6, 6.07) is 0. The fourth-order valence-electron chi connectivity index (χ4n) is 2.85. The summed E-state index contributed by atoms with van der Waals surface area (Å²) in [5.74, 6) is 0.183. The molecule has 2 rings (SSSR count). The fraction of sp³-hybridized carbons (Fsp3) is 0.643. The lowest BCUT2D eigenvalue weighted by molar-refractivity contribution is -0.0881. The van der Waals surface area contributed by atoms with Gasteiger partial charge in [-0.3, -0.25) is 0 Å². The van der Waals surface area contributed by atoms with E-state index in [-0.39, 0.29) is 5.56 Å². The van der Waals surface area contributed by atoms with E-state index in [1.54, 1.807) is 0 Å². The number of ether oxygens (including phenoxy) is 1. The average molecular weight is 264 g/mol. The van der Waals surface area contributed by atoms with Crippen LogP contribution < -0.4 is 0 Å². The number of nitrogens with zero attached hydrogens (tertiary/aromatic N) is 2. The molecule has 2 atom stereocenters. The molecule has 1 aromatic rings. The minimum absolute atomic E-state index is 0.110. The van der Waals surface area contributed by atoms with Crippen molar-refractivity contribution in [2.24, 2.45) is 5.92 Å². The molecule has 1 saturated carbocycles. The highest BCUT2D eigenvalue weighted by Crippen LogP contribution is 2.41. The van der Waals surface area contributed by atoms with E-state index < -0.39 is 11.6 Å². The van der Waals surface area contributed by atoms with Crippen molar-refractivity contribution >= 4 is 5.97 Å². The van der Waals surface area contributed by atoms with Gasteiger partial charge in [-0.25, -0.2) is 14.8 Å². The molecule has 0 aromatic carbocycles. The lowest BCUT2D eigenvalue weighted by Crippen LogP contribution is -2.37. The Kier molecular flexibility index (Phi) is 4.14. The summed E-state index contributed by atoms with van der Waals surface area (Å²) in [5, 5.41) is 8.88. The van der Waals surface area contributed by atoms with Gasteiger partial charge in [0, 0.05) is 19.0 Å². The van der Waals surface area contributed by atoms with Crippen LogP contribution in [0.25, 0.3) is 0 Å². The average Bonchev–Trinajstić information content (AvgIpc) is 2.39. The standard InChI is InChI=1S/C14H20N2O3/c1-3-19-14(6-4-5-10(2)7-14)13-15-8-11(9-16-13)12(17)18/h8-10H,3-7H2,1-2H3,(H,17,18). The zero-order valence-electron chi connectivity index (χ0n) is 11.4. The highest BCUT2D eigenvalue weighted by Gasteiger charge is 2.39. The van der Waals surface area contributed by atoms with E-state index in [0.717, 1.165) is 19.3 Å². The second kappa shape index (κ2) is 5.65. The van der Waals surface area contributed by atoms with Gasteiger partial charge in [0.15, 0.2) is 5.82 Å². The first kappa shape index (κ1) is 13.9. The molecule has 1 aliphatic carbocycles. The Morgan fingerprint density at radius 3 is 2.74 bits per heavy atom. The molecule has 1 aliphatic rings. The Bertz CT molecular complexity index is 443. The molecule has 0 saturated heterocycles. The van der Waals surface area contributed by atoms with Crippen molar-refractivity contribution in [2.45, 2.75) is 45.1 Å². The van der Waals surface area contributed by atoms with E-state index in [2.05, 4.69) is 16.9 Å². The number of aromatic carboxylic acids is 1. The maximum atomic E-state index is 10.8. The molecular weight excluding hydrogens is 244 g/mol. The predicted octanol–water partition coefficient (Wildman–Crippen LogP) is 2.62. The van der Waals surface area contributed by atoms with Crippen LogP contribution in [0.4, 0.5) is 0 Å². The van der Waals surface area contributed by atoms with Crippen molar-refractivity contribution in [3.8, 4) is 0 Å². The SMILES string of the molecule is CCOC1(c2ncc(C(=O)O)cn2)CCCC(C)C1. The number of aromatic nitrogens is 2. The highest BCUT2D eigenvalue weighted by molar-refractivity contribution is 5.86. The third kappa shape index (κ3) is 2.92. The Labute approximate surface area is 113 Å². The molecule has 0 spiro atoms. The fourth-order valence-corrected chi connectivity index (χ4v) is 2.85. The van der Waals surface area contributed by atoms with E-state index in [4.69, 9.17) is 9.84 Å². The Morgan fingerprint density at radius 2 is 2.21 bits per heavy atom. The summed E-state index contributed by atoms with van der Waals surface area (Å²) < 4.78 is 5.95. The first-order valence-electron chi connectivity index (χ1n) is 6.77. The molecule has 1 heterocycles. The summed E-state index contributed by atoms with van der Waals surface area (Å²) >= 11 is 0. The second-order valence-corrected chi connectivity index (χ2v) is 5.23. The molecule has 104 valence electrons. The number of carbonyl (C=O) groups is 1. The molecule has 5 heteroatoms. The summed E-state index contributed by atoms with van der Waals surface area (Å²) in [4.78, 5) is 19.3. The summed E-state index contributed by atoms with van der Waals surface area (Å²) in [6.07, 6.45) is 6.81. The van der Waals surface area contributed by atoms with Gasteiger partial charge in [0.05, 0.1) is 5.56 Å². The molecule has 1 N–H and O–H groups in total. The Balaban J connectivity index is 2.30. The highest BCUT2D eigenvalue weighted by atomic mass is 16.5. The van der Waals surface area contributed by atoms with Gasteiger partial charge in [-0.15, -0.1) is 0 Å². The first-order valence-corrected chi connectivity index (χ1v) is 6.77. The predicted molar refractivity (Wildman–Crippen MR) is 69.9 cm³/mol. The van der Waals surface area contributed by atoms with Crippen molar-refractivity contribution < 1.29 is 14.6 Å². The lowest BCUT2D eigenvalue weighted by atomic mass is 9.78. The Hall–Kier alpha value is -1.49. The van der Waals surface area contributed by atoms with Crippen LogP contribution in [-0.2, 0) is 10.3 Å². The number of hydrogen-bond acceptors (Lipinski definition) is 4. The molecular formula is C14H20N2O3. The van der Waals surface area contributed by atoms with Crippen molar-refractivity contribution in [1.29, 1.82) is 0 Å². The molecule has 0 radical (unpaired) electrons. The largest absolute Gasteiger partial charge is 0.478 e. The van der Waals surface area contributed by atoms with Crippen LogP contribution in [0.1, 0.15) is 55.7 Å². The van der Waals surface area contributed by atoms with Gasteiger partial charge < -0.3 is 9.84 Å². The quantitative estimate of drug-likeness (QED) is 0.905. The van der Waals surface area contributed by atoms with Crippen LogP contribution in [-0.4, -0.2) is 27.7 Å². The topological polar surface area (TPSA) is 72.3 Å². The summed E-state index contributed by atoms with van der Waals surface area (Å²) in [5.41, 5.74) is -0.331. The van der Waals surface area contributed by atoms with E-state index in [1.807, 2.05) is 6.92 Å². The number of carboxylic acid groups (broad SMARTS) is 1. The van der Waals surface area contributed by atoms with Crippen LogP contribution in [0.2, 0.25) is 0 Å². The van der Waals surface area contributed by atoms with Gasteiger partial charge in [0.1, 0.15) is 5.60 Å². The smallest absolute Gasteiger partial charge is 0.338 e. The molecule has 5 nitrogen and oxygen atoms in total. The number of carboxylic acids is 1. The van der Waals surface area contributed by atoms with Crippen LogP contribution in [0.15, 0.2) is 12.4 Å². The monoisotopic (exact) mass is 264 g/mol. The molecule has 0 aliphatic heterocycles. The first-order chi connectivity index (χ1) is 9.07.